The fourth-order valence-corrected chi connectivity index (χ4v) is 2.44. The highest BCUT2D eigenvalue weighted by Crippen LogP contribution is 2.19. The van der Waals surface area contributed by atoms with Crippen LogP contribution in [0.25, 0.3) is 10.9 Å². The van der Waals surface area contributed by atoms with Crippen molar-refractivity contribution in [1.29, 1.82) is 0 Å². The molecule has 1 saturated heterocycles. The highest BCUT2D eigenvalue weighted by Gasteiger charge is 2.15. The quantitative estimate of drug-likeness (QED) is 0.845. The van der Waals surface area contributed by atoms with E-state index in [1.54, 1.807) is 0 Å². The molecule has 3 nitrogen and oxygen atoms in total. The fourth-order valence-electron chi connectivity index (χ4n) is 2.44. The van der Waals surface area contributed by atoms with Crippen molar-refractivity contribution in [2.75, 3.05) is 33.2 Å². The Hall–Kier alpha value is -1.32. The van der Waals surface area contributed by atoms with Gasteiger partial charge in [-0.15, -0.1) is 0 Å². The van der Waals surface area contributed by atoms with Gasteiger partial charge in [0, 0.05) is 50.4 Å². The normalized spacial score (nSPS) is 18.9. The lowest BCUT2D eigenvalue weighted by Gasteiger charge is -2.32. The Kier molecular flexibility index (Phi) is 2.87. The summed E-state index contributed by atoms with van der Waals surface area (Å²) in [6, 6.07) is 9.42. The van der Waals surface area contributed by atoms with Crippen molar-refractivity contribution in [3.8, 4) is 0 Å². The molecule has 1 aliphatic rings. The Bertz CT molecular complexity index is 495. The fraction of sp³-hybridized carbons (Fsp3) is 0.429. The Labute approximate surface area is 102 Å². The van der Waals surface area contributed by atoms with Gasteiger partial charge in [0.25, 0.3) is 0 Å². The Morgan fingerprint density at radius 3 is 2.94 bits per heavy atom. The number of hydrogen-bond donors (Lipinski definition) is 1. The summed E-state index contributed by atoms with van der Waals surface area (Å²) in [6.45, 7) is 5.73. The molecule has 0 aliphatic carbocycles. The molecule has 0 unspecified atom stereocenters. The van der Waals surface area contributed by atoms with Crippen LogP contribution in [0, 0.1) is 6.07 Å². The van der Waals surface area contributed by atoms with Crippen LogP contribution in [-0.4, -0.2) is 48.0 Å². The number of aromatic amines is 1. The van der Waals surface area contributed by atoms with Gasteiger partial charge in [0.1, 0.15) is 0 Å². The summed E-state index contributed by atoms with van der Waals surface area (Å²) in [4.78, 5) is 8.21. The molecule has 0 spiro atoms. The van der Waals surface area contributed by atoms with Gasteiger partial charge in [-0.25, -0.2) is 0 Å². The second-order valence-corrected chi connectivity index (χ2v) is 4.85. The molecule has 2 heterocycles. The van der Waals surface area contributed by atoms with Crippen LogP contribution in [0.1, 0.15) is 5.56 Å². The molecule has 0 atom stereocenters. The van der Waals surface area contributed by atoms with Crippen LogP contribution in [0.5, 0.6) is 0 Å². The van der Waals surface area contributed by atoms with E-state index in [-0.39, 0.29) is 0 Å². The highest BCUT2D eigenvalue weighted by molar-refractivity contribution is 5.82. The van der Waals surface area contributed by atoms with Crippen molar-refractivity contribution < 1.29 is 0 Å². The van der Waals surface area contributed by atoms with Crippen LogP contribution in [0.2, 0.25) is 0 Å². The number of H-pyrrole nitrogens is 1. The van der Waals surface area contributed by atoms with Gasteiger partial charge < -0.3 is 9.88 Å². The molecule has 1 aromatic carbocycles. The van der Waals surface area contributed by atoms with Gasteiger partial charge in [-0.2, -0.15) is 0 Å². The summed E-state index contributed by atoms with van der Waals surface area (Å²) in [5.41, 5.74) is 2.51. The highest BCUT2D eigenvalue weighted by atomic mass is 15.2. The first-order valence-electron chi connectivity index (χ1n) is 6.20. The van der Waals surface area contributed by atoms with Crippen molar-refractivity contribution in [2.24, 2.45) is 0 Å². The SMILES string of the molecule is CN1CCN(Cc2c[nH]c3[c]cccc23)CC1. The van der Waals surface area contributed by atoms with Crippen molar-refractivity contribution in [2.45, 2.75) is 6.54 Å². The number of piperazine rings is 1. The van der Waals surface area contributed by atoms with Gasteiger partial charge in [-0.3, -0.25) is 4.90 Å². The summed E-state index contributed by atoms with van der Waals surface area (Å²) < 4.78 is 0. The van der Waals surface area contributed by atoms with Crippen molar-refractivity contribution >= 4 is 10.9 Å². The lowest BCUT2D eigenvalue weighted by Crippen LogP contribution is -2.43. The van der Waals surface area contributed by atoms with E-state index in [2.05, 4.69) is 46.2 Å². The molecule has 3 heteroatoms. The largest absolute Gasteiger partial charge is 0.360 e. The predicted molar refractivity (Wildman–Crippen MR) is 69.9 cm³/mol. The number of hydrogen-bond acceptors (Lipinski definition) is 2. The molecule has 89 valence electrons. The third kappa shape index (κ3) is 2.21. The average molecular weight is 228 g/mol. The van der Waals surface area contributed by atoms with Crippen LogP contribution < -0.4 is 0 Å². The molecule has 1 radical (unpaired) electrons. The topological polar surface area (TPSA) is 22.3 Å². The molecular weight excluding hydrogens is 210 g/mol. The monoisotopic (exact) mass is 228 g/mol. The molecule has 0 saturated carbocycles. The van der Waals surface area contributed by atoms with Gasteiger partial charge in [-0.1, -0.05) is 18.2 Å². The van der Waals surface area contributed by atoms with Gasteiger partial charge in [0.2, 0.25) is 0 Å². The lowest BCUT2D eigenvalue weighted by atomic mass is 10.1. The second-order valence-electron chi connectivity index (χ2n) is 4.85. The number of benzene rings is 1. The minimum atomic E-state index is 1.05. The molecule has 1 aliphatic heterocycles. The maximum atomic E-state index is 3.29. The second kappa shape index (κ2) is 4.51. The van der Waals surface area contributed by atoms with Crippen LogP contribution in [0.4, 0.5) is 0 Å². The van der Waals surface area contributed by atoms with Gasteiger partial charge in [-0.05, 0) is 12.6 Å². The summed E-state index contributed by atoms with van der Waals surface area (Å²) >= 11 is 0. The summed E-state index contributed by atoms with van der Waals surface area (Å²) in [5, 5.41) is 1.31. The van der Waals surface area contributed by atoms with E-state index in [1.807, 2.05) is 6.07 Å². The molecule has 1 fully saturated rings. The number of likely N-dealkylation sites (N-methyl/N-ethyl adjacent to an activating group) is 1. The summed E-state index contributed by atoms with van der Waals surface area (Å²) in [7, 11) is 2.19. The van der Waals surface area contributed by atoms with Gasteiger partial charge in [0.05, 0.1) is 5.52 Å². The zero-order valence-corrected chi connectivity index (χ0v) is 10.2. The van der Waals surface area contributed by atoms with Gasteiger partial charge >= 0.3 is 0 Å². The average Bonchev–Trinajstić information content (AvgIpc) is 2.76. The first-order valence-corrected chi connectivity index (χ1v) is 6.20. The molecule has 17 heavy (non-hydrogen) atoms. The summed E-state index contributed by atoms with van der Waals surface area (Å²) in [6.07, 6.45) is 2.12. The summed E-state index contributed by atoms with van der Waals surface area (Å²) in [5.74, 6) is 0. The van der Waals surface area contributed by atoms with E-state index in [4.69, 9.17) is 0 Å². The molecule has 0 bridgehead atoms. The molecule has 0 amide bonds. The van der Waals surface area contributed by atoms with Crippen molar-refractivity contribution in [3.63, 3.8) is 0 Å². The zero-order chi connectivity index (χ0) is 11.7. The maximum Gasteiger partial charge on any atom is 0.0537 e. The molecule has 1 N–H and O–H groups in total. The van der Waals surface area contributed by atoms with E-state index in [1.165, 1.54) is 37.1 Å². The zero-order valence-electron chi connectivity index (χ0n) is 10.2. The standard InChI is InChI=1S/C14H18N3/c1-16-6-8-17(9-7-16)11-12-10-15-14-5-3-2-4-13(12)14/h2-4,10,15H,6-9,11H2,1H3. The van der Waals surface area contributed by atoms with Crippen LogP contribution >= 0.6 is 0 Å². The van der Waals surface area contributed by atoms with Crippen LogP contribution in [0.15, 0.2) is 24.4 Å². The van der Waals surface area contributed by atoms with E-state index in [9.17, 15) is 0 Å². The first-order chi connectivity index (χ1) is 8.33. The minimum absolute atomic E-state index is 1.05. The number of rotatable bonds is 2. The first kappa shape index (κ1) is 10.8. The third-order valence-corrected chi connectivity index (χ3v) is 3.58. The van der Waals surface area contributed by atoms with Crippen molar-refractivity contribution in [1.82, 2.24) is 14.8 Å². The number of nitrogens with one attached hydrogen (secondary N) is 1. The lowest BCUT2D eigenvalue weighted by molar-refractivity contribution is 0.148. The van der Waals surface area contributed by atoms with Gasteiger partial charge in [0.15, 0.2) is 0 Å². The number of fused-ring (bicyclic) bond motifs is 1. The number of aromatic nitrogens is 1. The minimum Gasteiger partial charge on any atom is -0.360 e. The molecule has 2 aromatic rings. The van der Waals surface area contributed by atoms with E-state index in [0.29, 0.717) is 0 Å². The number of para-hydroxylation sites is 1. The third-order valence-electron chi connectivity index (χ3n) is 3.58. The Morgan fingerprint density at radius 2 is 2.12 bits per heavy atom. The maximum absolute atomic E-state index is 3.29. The molecular formula is C14H18N3. The van der Waals surface area contributed by atoms with Crippen LogP contribution in [-0.2, 0) is 6.54 Å². The Balaban J connectivity index is 1.76. The predicted octanol–water partition coefficient (Wildman–Crippen LogP) is 1.72. The molecule has 3 rings (SSSR count). The Morgan fingerprint density at radius 1 is 1.29 bits per heavy atom. The van der Waals surface area contributed by atoms with E-state index in [0.717, 1.165) is 12.1 Å². The smallest absolute Gasteiger partial charge is 0.0537 e. The van der Waals surface area contributed by atoms with Crippen molar-refractivity contribution in [3.05, 3.63) is 36.0 Å². The number of nitrogens with zero attached hydrogens (tertiary/aromatic N) is 2. The van der Waals surface area contributed by atoms with E-state index >= 15 is 0 Å². The molecule has 1 aromatic heterocycles. The van der Waals surface area contributed by atoms with Crippen LogP contribution in [0.3, 0.4) is 0 Å². The van der Waals surface area contributed by atoms with E-state index < -0.39 is 0 Å².